The maximum absolute atomic E-state index is 13.2. The Hall–Kier alpha value is 0.310. The number of ketones is 1. The Kier molecular flexibility index (Phi) is 11.8. The molecule has 4 heteroatoms. The molecule has 0 aliphatic heterocycles. The number of halogens is 2. The minimum absolute atomic E-state index is 0.115. The summed E-state index contributed by atoms with van der Waals surface area (Å²) >= 11 is 4.79. The second-order valence-corrected chi connectivity index (χ2v) is 8.70. The SMILES string of the molecule is CCCC(CN(CC)CCC(C)C)C(=O)c1ccc(CI)c(CI)c1. The fourth-order valence-corrected chi connectivity index (χ4v) is 4.51. The first kappa shape index (κ1) is 23.3. The van der Waals surface area contributed by atoms with Gasteiger partial charge in [-0.2, -0.15) is 0 Å². The van der Waals surface area contributed by atoms with Crippen LogP contribution in [-0.4, -0.2) is 30.3 Å². The molecule has 142 valence electrons. The quantitative estimate of drug-likeness (QED) is 0.162. The molecule has 0 aliphatic carbocycles. The molecule has 0 saturated heterocycles. The molecule has 0 fully saturated rings. The van der Waals surface area contributed by atoms with Gasteiger partial charge in [-0.25, -0.2) is 0 Å². The highest BCUT2D eigenvalue weighted by Gasteiger charge is 2.22. The van der Waals surface area contributed by atoms with Gasteiger partial charge in [0.15, 0.2) is 5.78 Å². The highest BCUT2D eigenvalue weighted by molar-refractivity contribution is 14.1. The smallest absolute Gasteiger partial charge is 0.167 e. The molecule has 1 rings (SSSR count). The van der Waals surface area contributed by atoms with E-state index in [-0.39, 0.29) is 5.92 Å². The van der Waals surface area contributed by atoms with Crippen molar-refractivity contribution >= 4 is 51.0 Å². The molecular weight excluding hydrogens is 536 g/mol. The van der Waals surface area contributed by atoms with Crippen LogP contribution in [0.15, 0.2) is 18.2 Å². The largest absolute Gasteiger partial charge is 0.303 e. The first-order valence-electron chi connectivity index (χ1n) is 9.46. The van der Waals surface area contributed by atoms with Gasteiger partial charge in [0, 0.05) is 26.9 Å². The van der Waals surface area contributed by atoms with Crippen molar-refractivity contribution in [2.24, 2.45) is 11.8 Å². The van der Waals surface area contributed by atoms with Gasteiger partial charge in [0.25, 0.3) is 0 Å². The highest BCUT2D eigenvalue weighted by atomic mass is 127. The lowest BCUT2D eigenvalue weighted by Crippen LogP contribution is -2.34. The van der Waals surface area contributed by atoms with Gasteiger partial charge in [0.1, 0.15) is 0 Å². The van der Waals surface area contributed by atoms with Gasteiger partial charge >= 0.3 is 0 Å². The number of nitrogens with zero attached hydrogens (tertiary/aromatic N) is 1. The van der Waals surface area contributed by atoms with Crippen molar-refractivity contribution in [2.75, 3.05) is 19.6 Å². The van der Waals surface area contributed by atoms with E-state index in [0.717, 1.165) is 46.9 Å². The fourth-order valence-electron chi connectivity index (χ4n) is 3.05. The Morgan fingerprint density at radius 1 is 1.08 bits per heavy atom. The molecule has 0 saturated carbocycles. The van der Waals surface area contributed by atoms with Gasteiger partial charge in [-0.1, -0.05) is 91.4 Å². The number of hydrogen-bond acceptors (Lipinski definition) is 2. The van der Waals surface area contributed by atoms with Gasteiger partial charge in [0.05, 0.1) is 0 Å². The summed E-state index contributed by atoms with van der Waals surface area (Å²) in [5, 5.41) is 0. The summed E-state index contributed by atoms with van der Waals surface area (Å²) in [6, 6.07) is 6.32. The van der Waals surface area contributed by atoms with Crippen molar-refractivity contribution in [3.05, 3.63) is 34.9 Å². The van der Waals surface area contributed by atoms with E-state index in [9.17, 15) is 4.79 Å². The van der Waals surface area contributed by atoms with E-state index in [2.05, 4.69) is 89.9 Å². The average molecular weight is 569 g/mol. The van der Waals surface area contributed by atoms with Crippen molar-refractivity contribution in [1.82, 2.24) is 4.90 Å². The lowest BCUT2D eigenvalue weighted by Gasteiger charge is -2.26. The lowest BCUT2D eigenvalue weighted by atomic mass is 9.91. The maximum atomic E-state index is 13.2. The standard InChI is InChI=1S/C21H33I2NO/c1-5-7-19(15-24(6-2)11-10-16(3)4)21(25)17-8-9-18(13-22)20(12-17)14-23/h8-9,12,16,19H,5-7,10-11,13-15H2,1-4H3. The number of hydrogen-bond donors (Lipinski definition) is 0. The van der Waals surface area contributed by atoms with Crippen LogP contribution in [0.5, 0.6) is 0 Å². The predicted molar refractivity (Wildman–Crippen MR) is 126 cm³/mol. The molecule has 0 radical (unpaired) electrons. The zero-order valence-corrected chi connectivity index (χ0v) is 20.5. The summed E-state index contributed by atoms with van der Waals surface area (Å²) in [5.41, 5.74) is 3.56. The Labute approximate surface area is 181 Å². The summed E-state index contributed by atoms with van der Waals surface area (Å²) in [5.74, 6) is 1.15. The monoisotopic (exact) mass is 569 g/mol. The van der Waals surface area contributed by atoms with Crippen molar-refractivity contribution in [2.45, 2.75) is 55.8 Å². The first-order chi connectivity index (χ1) is 12.0. The topological polar surface area (TPSA) is 20.3 Å². The van der Waals surface area contributed by atoms with Crippen LogP contribution >= 0.6 is 45.2 Å². The fraction of sp³-hybridized carbons (Fsp3) is 0.667. The Balaban J connectivity index is 2.91. The van der Waals surface area contributed by atoms with Gasteiger partial charge in [-0.3, -0.25) is 4.79 Å². The predicted octanol–water partition coefficient (Wildman–Crippen LogP) is 6.52. The van der Waals surface area contributed by atoms with Crippen LogP contribution < -0.4 is 0 Å². The van der Waals surface area contributed by atoms with Crippen molar-refractivity contribution in [3.8, 4) is 0 Å². The number of benzene rings is 1. The van der Waals surface area contributed by atoms with Crippen LogP contribution in [-0.2, 0) is 8.86 Å². The van der Waals surface area contributed by atoms with Gasteiger partial charge in [0.2, 0.25) is 0 Å². The van der Waals surface area contributed by atoms with Crippen LogP contribution in [0, 0.1) is 11.8 Å². The van der Waals surface area contributed by atoms with Gasteiger partial charge in [-0.05, 0) is 49.0 Å². The average Bonchev–Trinajstić information content (AvgIpc) is 2.62. The van der Waals surface area contributed by atoms with E-state index in [1.807, 2.05) is 6.07 Å². The van der Waals surface area contributed by atoms with E-state index < -0.39 is 0 Å². The molecule has 1 aromatic rings. The molecule has 0 N–H and O–H groups in total. The van der Waals surface area contributed by atoms with Crippen molar-refractivity contribution < 1.29 is 4.79 Å². The van der Waals surface area contributed by atoms with Crippen LogP contribution in [0.2, 0.25) is 0 Å². The Bertz CT molecular complexity index is 531. The first-order valence-corrected chi connectivity index (χ1v) is 12.5. The number of rotatable bonds is 12. The molecule has 0 spiro atoms. The highest BCUT2D eigenvalue weighted by Crippen LogP contribution is 2.22. The minimum atomic E-state index is 0.115. The van der Waals surface area contributed by atoms with Crippen molar-refractivity contribution in [3.63, 3.8) is 0 Å². The summed E-state index contributed by atoms with van der Waals surface area (Å²) in [4.78, 5) is 15.6. The van der Waals surface area contributed by atoms with Crippen LogP contribution in [0.25, 0.3) is 0 Å². The molecular formula is C21H33I2NO. The third-order valence-electron chi connectivity index (χ3n) is 4.74. The van der Waals surface area contributed by atoms with E-state index in [0.29, 0.717) is 11.7 Å². The summed E-state index contributed by atoms with van der Waals surface area (Å²) in [6.07, 6.45) is 3.23. The molecule has 1 atom stereocenters. The summed E-state index contributed by atoms with van der Waals surface area (Å²) in [7, 11) is 0. The molecule has 0 heterocycles. The van der Waals surface area contributed by atoms with Crippen LogP contribution in [0.1, 0.15) is 68.4 Å². The molecule has 1 unspecified atom stereocenters. The van der Waals surface area contributed by atoms with Crippen LogP contribution in [0.4, 0.5) is 0 Å². The van der Waals surface area contributed by atoms with E-state index in [4.69, 9.17) is 0 Å². The normalized spacial score (nSPS) is 12.8. The Morgan fingerprint density at radius 2 is 1.76 bits per heavy atom. The third kappa shape index (κ3) is 7.83. The van der Waals surface area contributed by atoms with Gasteiger partial charge in [-0.15, -0.1) is 0 Å². The zero-order chi connectivity index (χ0) is 18.8. The van der Waals surface area contributed by atoms with E-state index in [1.54, 1.807) is 0 Å². The lowest BCUT2D eigenvalue weighted by molar-refractivity contribution is 0.0870. The van der Waals surface area contributed by atoms with Gasteiger partial charge < -0.3 is 4.90 Å². The Morgan fingerprint density at radius 3 is 2.28 bits per heavy atom. The molecule has 0 amide bonds. The number of alkyl halides is 2. The van der Waals surface area contributed by atoms with E-state index in [1.165, 1.54) is 17.5 Å². The maximum Gasteiger partial charge on any atom is 0.167 e. The van der Waals surface area contributed by atoms with E-state index >= 15 is 0 Å². The molecule has 0 aromatic heterocycles. The minimum Gasteiger partial charge on any atom is -0.303 e. The summed E-state index contributed by atoms with van der Waals surface area (Å²) in [6.45, 7) is 11.9. The number of carbonyl (C=O) groups excluding carboxylic acids is 1. The third-order valence-corrected chi connectivity index (χ3v) is 6.38. The summed E-state index contributed by atoms with van der Waals surface area (Å²) < 4.78 is 1.97. The molecule has 25 heavy (non-hydrogen) atoms. The molecule has 0 bridgehead atoms. The number of Topliss-reactive ketones (excluding diaryl/α,β-unsaturated/α-hetero) is 1. The molecule has 1 aromatic carbocycles. The second kappa shape index (κ2) is 12.7. The zero-order valence-electron chi connectivity index (χ0n) is 16.2. The molecule has 2 nitrogen and oxygen atoms in total. The molecule has 0 aliphatic rings. The number of carbonyl (C=O) groups is 1. The second-order valence-electron chi connectivity index (χ2n) is 7.18. The van der Waals surface area contributed by atoms with Crippen molar-refractivity contribution in [1.29, 1.82) is 0 Å². The van der Waals surface area contributed by atoms with Crippen LogP contribution in [0.3, 0.4) is 0 Å².